The number of hydrogen-bond acceptors (Lipinski definition) is 6. The van der Waals surface area contributed by atoms with Gasteiger partial charge in [0.1, 0.15) is 16.7 Å². The Hall–Kier alpha value is -2.52. The Morgan fingerprint density at radius 3 is 2.24 bits per heavy atom. The molecule has 0 bridgehead atoms. The van der Waals surface area contributed by atoms with Crippen LogP contribution in [0.15, 0.2) is 70.1 Å². The van der Waals surface area contributed by atoms with E-state index >= 15 is 0 Å². The highest BCUT2D eigenvalue weighted by atomic mass is 32.2. The Bertz CT molecular complexity index is 1140. The maximum absolute atomic E-state index is 11.7. The van der Waals surface area contributed by atoms with Gasteiger partial charge in [-0.2, -0.15) is 0 Å². The number of aromatic nitrogens is 1. The molecule has 34 heavy (non-hydrogen) atoms. The van der Waals surface area contributed by atoms with E-state index in [1.807, 2.05) is 37.3 Å². The molecule has 184 valence electrons. The molecular weight excluding hydrogens is 452 g/mol. The summed E-state index contributed by atoms with van der Waals surface area (Å²) in [5, 5.41) is 11.7. The minimum absolute atomic E-state index is 0.164. The van der Waals surface area contributed by atoms with Crippen molar-refractivity contribution in [1.29, 1.82) is 0 Å². The molecule has 3 aromatic rings. The molecule has 1 fully saturated rings. The zero-order valence-corrected chi connectivity index (χ0v) is 20.8. The second-order valence-electron chi connectivity index (χ2n) is 9.25. The first kappa shape index (κ1) is 26.1. The van der Waals surface area contributed by atoms with Gasteiger partial charge in [0.25, 0.3) is 0 Å². The monoisotopic (exact) mass is 486 g/mol. The fraction of sp³-hybridized carbons (Fsp3) is 0.423. The van der Waals surface area contributed by atoms with Gasteiger partial charge in [-0.25, -0.2) is 13.4 Å². The number of oxazole rings is 1. The van der Waals surface area contributed by atoms with Crippen LogP contribution in [0, 0.1) is 12.8 Å². The zero-order chi connectivity index (χ0) is 24.8. The van der Waals surface area contributed by atoms with Gasteiger partial charge in [0.05, 0.1) is 25.2 Å². The first-order valence-electron chi connectivity index (χ1n) is 11.7. The normalized spacial score (nSPS) is 16.5. The average Bonchev–Trinajstić information content (AvgIpc) is 3.28. The van der Waals surface area contributed by atoms with Crippen molar-refractivity contribution in [3.05, 3.63) is 83.6 Å². The molecule has 2 aromatic carbocycles. The van der Waals surface area contributed by atoms with Gasteiger partial charge < -0.3 is 19.0 Å². The van der Waals surface area contributed by atoms with Crippen molar-refractivity contribution in [2.45, 2.75) is 56.1 Å². The van der Waals surface area contributed by atoms with Crippen LogP contribution in [-0.4, -0.2) is 37.2 Å². The molecule has 8 heteroatoms. The topological polar surface area (TPSA) is 108 Å². The van der Waals surface area contributed by atoms with Gasteiger partial charge in [-0.05, 0) is 37.5 Å². The van der Waals surface area contributed by atoms with Gasteiger partial charge in [0, 0.05) is 5.92 Å². The second kappa shape index (κ2) is 11.3. The first-order valence-corrected chi connectivity index (χ1v) is 13.1. The SMILES string of the molecule is C[NH+](C)Cc1cnc([C@](O)(c2ccccc2)C2CCCCC2)o1.Cc1ccc(S(=O)(=O)[O-])cc1. The third kappa shape index (κ3) is 6.54. The van der Waals surface area contributed by atoms with Gasteiger partial charge in [-0.1, -0.05) is 67.3 Å². The van der Waals surface area contributed by atoms with E-state index in [0.29, 0.717) is 5.89 Å². The van der Waals surface area contributed by atoms with E-state index in [9.17, 15) is 18.1 Å². The number of benzene rings is 2. The molecule has 7 nitrogen and oxygen atoms in total. The molecule has 0 aliphatic heterocycles. The van der Waals surface area contributed by atoms with Crippen LogP contribution in [0.2, 0.25) is 0 Å². The number of quaternary nitrogens is 1. The second-order valence-corrected chi connectivity index (χ2v) is 10.6. The van der Waals surface area contributed by atoms with Crippen LogP contribution in [0.3, 0.4) is 0 Å². The predicted octanol–water partition coefficient (Wildman–Crippen LogP) is 3.03. The van der Waals surface area contributed by atoms with E-state index in [4.69, 9.17) is 4.42 Å². The summed E-state index contributed by atoms with van der Waals surface area (Å²) in [4.78, 5) is 5.56. The summed E-state index contributed by atoms with van der Waals surface area (Å²) in [7, 11) is -0.117. The van der Waals surface area contributed by atoms with Crippen LogP contribution in [-0.2, 0) is 22.3 Å². The summed E-state index contributed by atoms with van der Waals surface area (Å²) >= 11 is 0. The average molecular weight is 487 g/mol. The molecule has 2 N–H and O–H groups in total. The Labute approximate surface area is 202 Å². The van der Waals surface area contributed by atoms with Crippen LogP contribution < -0.4 is 4.90 Å². The molecule has 1 heterocycles. The smallest absolute Gasteiger partial charge is 0.231 e. The van der Waals surface area contributed by atoms with E-state index in [1.165, 1.54) is 23.5 Å². The minimum Gasteiger partial charge on any atom is -0.744 e. The van der Waals surface area contributed by atoms with Crippen molar-refractivity contribution in [2.24, 2.45) is 5.92 Å². The van der Waals surface area contributed by atoms with Crippen LogP contribution in [0.5, 0.6) is 0 Å². The molecule has 1 saturated carbocycles. The summed E-state index contributed by atoms with van der Waals surface area (Å²) in [6.45, 7) is 2.59. The lowest BCUT2D eigenvalue weighted by atomic mass is 9.73. The lowest BCUT2D eigenvalue weighted by molar-refractivity contribution is -0.873. The van der Waals surface area contributed by atoms with Gasteiger partial charge >= 0.3 is 0 Å². The Balaban J connectivity index is 0.000000248. The van der Waals surface area contributed by atoms with Crippen molar-refractivity contribution in [3.8, 4) is 0 Å². The van der Waals surface area contributed by atoms with Crippen molar-refractivity contribution in [1.82, 2.24) is 4.98 Å². The Morgan fingerprint density at radius 2 is 1.68 bits per heavy atom. The van der Waals surface area contributed by atoms with Gasteiger partial charge in [-0.15, -0.1) is 0 Å². The fourth-order valence-corrected chi connectivity index (χ4v) is 4.83. The zero-order valence-electron chi connectivity index (χ0n) is 20.0. The third-order valence-corrected chi connectivity index (χ3v) is 6.98. The summed E-state index contributed by atoms with van der Waals surface area (Å²) in [6, 6.07) is 15.7. The largest absolute Gasteiger partial charge is 0.744 e. The van der Waals surface area contributed by atoms with Crippen LogP contribution in [0.1, 0.15) is 54.9 Å². The quantitative estimate of drug-likeness (QED) is 0.519. The molecule has 0 amide bonds. The van der Waals surface area contributed by atoms with E-state index in [2.05, 4.69) is 19.1 Å². The molecule has 0 radical (unpaired) electrons. The number of aryl methyl sites for hydroxylation is 1. The number of rotatable bonds is 6. The van der Waals surface area contributed by atoms with Crippen molar-refractivity contribution in [3.63, 3.8) is 0 Å². The van der Waals surface area contributed by atoms with E-state index < -0.39 is 15.7 Å². The van der Waals surface area contributed by atoms with Gasteiger partial charge in [0.15, 0.2) is 11.4 Å². The molecule has 0 spiro atoms. The summed E-state index contributed by atoms with van der Waals surface area (Å²) in [5.41, 5.74) is 0.691. The minimum atomic E-state index is -4.27. The van der Waals surface area contributed by atoms with Gasteiger partial charge in [0.2, 0.25) is 5.89 Å². The number of nitrogens with zero attached hydrogens (tertiary/aromatic N) is 1. The molecule has 4 rings (SSSR count). The highest BCUT2D eigenvalue weighted by Gasteiger charge is 2.44. The highest BCUT2D eigenvalue weighted by Crippen LogP contribution is 2.43. The lowest BCUT2D eigenvalue weighted by Gasteiger charge is -2.36. The molecule has 1 aliphatic carbocycles. The maximum Gasteiger partial charge on any atom is 0.231 e. The van der Waals surface area contributed by atoms with E-state index in [1.54, 1.807) is 18.3 Å². The Kier molecular flexibility index (Phi) is 8.65. The molecule has 1 aliphatic rings. The lowest BCUT2D eigenvalue weighted by Crippen LogP contribution is -3.04. The highest BCUT2D eigenvalue weighted by molar-refractivity contribution is 7.85. The third-order valence-electron chi connectivity index (χ3n) is 6.13. The van der Waals surface area contributed by atoms with Crippen molar-refractivity contribution >= 4 is 10.1 Å². The van der Waals surface area contributed by atoms with Crippen LogP contribution in [0.25, 0.3) is 0 Å². The maximum atomic E-state index is 11.7. The molecule has 0 saturated heterocycles. The number of nitrogens with one attached hydrogen (secondary N) is 1. The molecule has 1 aromatic heterocycles. The summed E-state index contributed by atoms with van der Waals surface area (Å²) in [6.07, 6.45) is 7.37. The summed E-state index contributed by atoms with van der Waals surface area (Å²) < 4.78 is 37.2. The standard InChI is InChI=1S/C19H26N2O2.C7H8O3S/c1-21(2)14-17-13-20-18(23-17)19(22,15-9-5-3-6-10-15)16-11-7-4-8-12-16;1-6-2-4-7(5-3-6)11(8,9)10/h3,5-6,9-10,13,16,22H,4,7-8,11-12,14H2,1-2H3;2-5H,1H3,(H,8,9,10)/t19-;/m0./s1. The van der Waals surface area contributed by atoms with E-state index in [-0.39, 0.29) is 10.8 Å². The van der Waals surface area contributed by atoms with Crippen LogP contribution in [0.4, 0.5) is 0 Å². The number of aliphatic hydroxyl groups is 1. The fourth-order valence-electron chi connectivity index (χ4n) is 4.37. The van der Waals surface area contributed by atoms with Crippen molar-refractivity contribution < 1.29 is 27.4 Å². The van der Waals surface area contributed by atoms with Gasteiger partial charge in [-0.3, -0.25) is 0 Å². The predicted molar refractivity (Wildman–Crippen MR) is 128 cm³/mol. The van der Waals surface area contributed by atoms with Crippen LogP contribution >= 0.6 is 0 Å². The Morgan fingerprint density at radius 1 is 1.06 bits per heavy atom. The number of hydrogen-bond donors (Lipinski definition) is 2. The molecule has 1 atom stereocenters. The first-order chi connectivity index (χ1) is 16.1. The molecular formula is C26H34N2O5S. The van der Waals surface area contributed by atoms with E-state index in [0.717, 1.165) is 49.1 Å². The van der Waals surface area contributed by atoms with Crippen molar-refractivity contribution in [2.75, 3.05) is 14.1 Å². The molecule has 0 unspecified atom stereocenters. The summed E-state index contributed by atoms with van der Waals surface area (Å²) in [5.74, 6) is 1.44.